The van der Waals surface area contributed by atoms with Gasteiger partial charge in [-0.2, -0.15) is 4.98 Å². The SMILES string of the molecule is CC(NCCc1ncno1)c1ccc(F)cc1. The second kappa shape index (κ2) is 5.54. The summed E-state index contributed by atoms with van der Waals surface area (Å²) in [7, 11) is 0. The summed E-state index contributed by atoms with van der Waals surface area (Å²) in [6.45, 7) is 2.77. The van der Waals surface area contributed by atoms with E-state index >= 15 is 0 Å². The summed E-state index contributed by atoms with van der Waals surface area (Å²) in [5, 5.41) is 6.84. The highest BCUT2D eigenvalue weighted by atomic mass is 19.1. The molecule has 4 nitrogen and oxygen atoms in total. The van der Waals surface area contributed by atoms with Crippen LogP contribution in [0.5, 0.6) is 0 Å². The van der Waals surface area contributed by atoms with E-state index in [9.17, 15) is 4.39 Å². The van der Waals surface area contributed by atoms with Crippen molar-refractivity contribution in [1.29, 1.82) is 0 Å². The van der Waals surface area contributed by atoms with Gasteiger partial charge in [0.25, 0.3) is 0 Å². The third-order valence-electron chi connectivity index (χ3n) is 2.57. The van der Waals surface area contributed by atoms with E-state index in [4.69, 9.17) is 4.52 Å². The van der Waals surface area contributed by atoms with Crippen LogP contribution in [0.2, 0.25) is 0 Å². The second-order valence-electron chi connectivity index (χ2n) is 3.81. The number of nitrogens with one attached hydrogen (secondary N) is 1. The van der Waals surface area contributed by atoms with Gasteiger partial charge in [0.05, 0.1) is 0 Å². The van der Waals surface area contributed by atoms with Crippen molar-refractivity contribution in [2.75, 3.05) is 6.54 Å². The van der Waals surface area contributed by atoms with Crippen LogP contribution < -0.4 is 5.32 Å². The Hall–Kier alpha value is -1.75. The molecule has 1 aromatic heterocycles. The number of hydrogen-bond donors (Lipinski definition) is 1. The largest absolute Gasteiger partial charge is 0.340 e. The molecule has 2 rings (SSSR count). The van der Waals surface area contributed by atoms with Gasteiger partial charge in [-0.25, -0.2) is 4.39 Å². The van der Waals surface area contributed by atoms with Gasteiger partial charge in [0.1, 0.15) is 5.82 Å². The molecule has 0 fully saturated rings. The third kappa shape index (κ3) is 3.35. The van der Waals surface area contributed by atoms with E-state index in [0.29, 0.717) is 12.3 Å². The van der Waals surface area contributed by atoms with Crippen LogP contribution in [-0.2, 0) is 6.42 Å². The Labute approximate surface area is 98.8 Å². The zero-order chi connectivity index (χ0) is 12.1. The molecule has 0 aliphatic rings. The van der Waals surface area contributed by atoms with Crippen LogP contribution in [0.15, 0.2) is 35.1 Å². The van der Waals surface area contributed by atoms with E-state index in [1.807, 2.05) is 6.92 Å². The van der Waals surface area contributed by atoms with Gasteiger partial charge in [-0.3, -0.25) is 0 Å². The smallest absolute Gasteiger partial charge is 0.227 e. The molecule has 1 heterocycles. The summed E-state index contributed by atoms with van der Waals surface area (Å²) in [6.07, 6.45) is 2.07. The highest BCUT2D eigenvalue weighted by Gasteiger charge is 2.05. The molecule has 1 N–H and O–H groups in total. The second-order valence-corrected chi connectivity index (χ2v) is 3.81. The Kier molecular flexibility index (Phi) is 3.82. The predicted octanol–water partition coefficient (Wildman–Crippen LogP) is 2.10. The first kappa shape index (κ1) is 11.7. The van der Waals surface area contributed by atoms with E-state index < -0.39 is 0 Å². The van der Waals surface area contributed by atoms with Gasteiger partial charge >= 0.3 is 0 Å². The summed E-state index contributed by atoms with van der Waals surface area (Å²) >= 11 is 0. The molecule has 2 aromatic rings. The van der Waals surface area contributed by atoms with Crippen LogP contribution in [0.25, 0.3) is 0 Å². The Morgan fingerprint density at radius 1 is 1.35 bits per heavy atom. The van der Waals surface area contributed by atoms with Crippen molar-refractivity contribution in [1.82, 2.24) is 15.5 Å². The zero-order valence-corrected chi connectivity index (χ0v) is 9.56. The van der Waals surface area contributed by atoms with Crippen LogP contribution in [0.1, 0.15) is 24.4 Å². The van der Waals surface area contributed by atoms with Crippen LogP contribution in [0.4, 0.5) is 4.39 Å². The van der Waals surface area contributed by atoms with Gasteiger partial charge in [-0.15, -0.1) is 0 Å². The number of benzene rings is 1. The van der Waals surface area contributed by atoms with Gasteiger partial charge in [0.2, 0.25) is 5.89 Å². The van der Waals surface area contributed by atoms with Crippen LogP contribution in [0.3, 0.4) is 0 Å². The van der Waals surface area contributed by atoms with Crippen LogP contribution in [-0.4, -0.2) is 16.7 Å². The molecule has 0 amide bonds. The number of hydrogen-bond acceptors (Lipinski definition) is 4. The average molecular weight is 235 g/mol. The molecular weight excluding hydrogens is 221 g/mol. The van der Waals surface area contributed by atoms with E-state index in [1.54, 1.807) is 12.1 Å². The molecule has 0 bridgehead atoms. The van der Waals surface area contributed by atoms with Crippen molar-refractivity contribution < 1.29 is 8.91 Å². The topological polar surface area (TPSA) is 51.0 Å². The number of nitrogens with zero attached hydrogens (tertiary/aromatic N) is 2. The van der Waals surface area contributed by atoms with Gasteiger partial charge in [-0.05, 0) is 24.6 Å². The molecule has 0 spiro atoms. The number of aromatic nitrogens is 2. The fourth-order valence-corrected chi connectivity index (χ4v) is 1.57. The van der Waals surface area contributed by atoms with E-state index in [0.717, 1.165) is 12.1 Å². The lowest BCUT2D eigenvalue weighted by molar-refractivity contribution is 0.372. The Morgan fingerprint density at radius 3 is 2.76 bits per heavy atom. The van der Waals surface area contributed by atoms with E-state index in [2.05, 4.69) is 15.5 Å². The molecule has 0 radical (unpaired) electrons. The summed E-state index contributed by atoms with van der Waals surface area (Å²) in [6, 6.07) is 6.65. The summed E-state index contributed by atoms with van der Waals surface area (Å²) in [5.41, 5.74) is 1.05. The zero-order valence-electron chi connectivity index (χ0n) is 9.56. The van der Waals surface area contributed by atoms with Crippen molar-refractivity contribution in [2.45, 2.75) is 19.4 Å². The molecule has 5 heteroatoms. The Bertz CT molecular complexity index is 441. The summed E-state index contributed by atoms with van der Waals surface area (Å²) in [4.78, 5) is 3.93. The van der Waals surface area contributed by atoms with Crippen molar-refractivity contribution in [3.05, 3.63) is 47.9 Å². The molecule has 1 aromatic carbocycles. The molecule has 90 valence electrons. The fraction of sp³-hybridized carbons (Fsp3) is 0.333. The summed E-state index contributed by atoms with van der Waals surface area (Å²) < 4.78 is 17.6. The number of halogens is 1. The predicted molar refractivity (Wildman–Crippen MR) is 60.8 cm³/mol. The highest BCUT2D eigenvalue weighted by molar-refractivity contribution is 5.19. The standard InChI is InChI=1S/C12H14FN3O/c1-9(10-2-4-11(13)5-3-10)14-7-6-12-15-8-16-17-12/h2-5,8-9,14H,6-7H2,1H3. The lowest BCUT2D eigenvalue weighted by atomic mass is 10.1. The molecule has 0 aliphatic heterocycles. The first-order chi connectivity index (χ1) is 8.25. The maximum atomic E-state index is 12.7. The Balaban J connectivity index is 1.81. The summed E-state index contributed by atoms with van der Waals surface area (Å²) in [5.74, 6) is 0.399. The molecule has 1 unspecified atom stereocenters. The minimum Gasteiger partial charge on any atom is -0.340 e. The van der Waals surface area contributed by atoms with Crippen molar-refractivity contribution >= 4 is 0 Å². The van der Waals surface area contributed by atoms with Gasteiger partial charge in [0, 0.05) is 19.0 Å². The third-order valence-corrected chi connectivity index (χ3v) is 2.57. The fourth-order valence-electron chi connectivity index (χ4n) is 1.57. The van der Waals surface area contributed by atoms with E-state index in [-0.39, 0.29) is 11.9 Å². The van der Waals surface area contributed by atoms with Gasteiger partial charge in [-0.1, -0.05) is 17.3 Å². The molecule has 0 saturated carbocycles. The minimum absolute atomic E-state index is 0.165. The highest BCUT2D eigenvalue weighted by Crippen LogP contribution is 2.12. The first-order valence-electron chi connectivity index (χ1n) is 5.50. The van der Waals surface area contributed by atoms with Gasteiger partial charge in [0.15, 0.2) is 6.33 Å². The molecule has 17 heavy (non-hydrogen) atoms. The maximum Gasteiger partial charge on any atom is 0.227 e. The minimum atomic E-state index is -0.216. The first-order valence-corrected chi connectivity index (χ1v) is 5.50. The van der Waals surface area contributed by atoms with Crippen molar-refractivity contribution in [3.8, 4) is 0 Å². The average Bonchev–Trinajstić information content (AvgIpc) is 2.83. The normalized spacial score (nSPS) is 12.6. The molecule has 0 aliphatic carbocycles. The quantitative estimate of drug-likeness (QED) is 0.862. The van der Waals surface area contributed by atoms with Crippen LogP contribution in [0, 0.1) is 5.82 Å². The Morgan fingerprint density at radius 2 is 2.12 bits per heavy atom. The lowest BCUT2D eigenvalue weighted by Crippen LogP contribution is -2.21. The monoisotopic (exact) mass is 235 g/mol. The van der Waals surface area contributed by atoms with Gasteiger partial charge < -0.3 is 9.84 Å². The number of rotatable bonds is 5. The van der Waals surface area contributed by atoms with E-state index in [1.165, 1.54) is 18.5 Å². The maximum absolute atomic E-state index is 12.7. The lowest BCUT2D eigenvalue weighted by Gasteiger charge is -2.13. The van der Waals surface area contributed by atoms with Crippen molar-refractivity contribution in [3.63, 3.8) is 0 Å². The molecular formula is C12H14FN3O. The molecule has 1 atom stereocenters. The van der Waals surface area contributed by atoms with Crippen LogP contribution >= 0.6 is 0 Å². The molecule has 0 saturated heterocycles. The van der Waals surface area contributed by atoms with Crippen molar-refractivity contribution in [2.24, 2.45) is 0 Å².